The minimum Gasteiger partial charge on any atom is -0.0654 e. The molecule has 87 valence electrons. The maximum atomic E-state index is 2.55. The number of benzene rings is 1. The summed E-state index contributed by atoms with van der Waals surface area (Å²) in [6.07, 6.45) is 12.3. The Bertz CT molecular complexity index is 288. The first-order chi connectivity index (χ1) is 7.85. The summed E-state index contributed by atoms with van der Waals surface area (Å²) in [6.45, 7) is 2.31. The summed E-state index contributed by atoms with van der Waals surface area (Å²) in [5, 5.41) is 0. The first-order valence-corrected chi connectivity index (χ1v) is 6.76. The van der Waals surface area contributed by atoms with Crippen LogP contribution in [0.2, 0.25) is 0 Å². The zero-order chi connectivity index (χ0) is 11.3. The van der Waals surface area contributed by atoms with E-state index in [2.05, 4.69) is 43.7 Å². The summed E-state index contributed by atoms with van der Waals surface area (Å²) >= 11 is 0. The van der Waals surface area contributed by atoms with Gasteiger partial charge in [0.05, 0.1) is 0 Å². The van der Waals surface area contributed by atoms with Crippen molar-refractivity contribution >= 4 is 0 Å². The molecule has 16 heavy (non-hydrogen) atoms. The van der Waals surface area contributed by atoms with Crippen molar-refractivity contribution in [2.45, 2.75) is 51.9 Å². The molecule has 1 saturated carbocycles. The molecule has 1 radical (unpaired) electrons. The molecule has 0 aromatic heterocycles. The lowest BCUT2D eigenvalue weighted by Gasteiger charge is -2.37. The van der Waals surface area contributed by atoms with Gasteiger partial charge < -0.3 is 0 Å². The molecular weight excluding hydrogens is 192 g/mol. The predicted molar refractivity (Wildman–Crippen MR) is 70.3 cm³/mol. The Morgan fingerprint density at radius 1 is 1.06 bits per heavy atom. The molecule has 0 nitrogen and oxygen atoms in total. The zero-order valence-corrected chi connectivity index (χ0v) is 10.4. The number of hydrogen-bond acceptors (Lipinski definition) is 0. The van der Waals surface area contributed by atoms with Crippen LogP contribution in [0, 0.1) is 11.8 Å². The molecule has 1 aromatic rings. The Labute approximate surface area is 100 Å². The molecule has 0 N–H and O–H groups in total. The Balaban J connectivity index is 2.07. The maximum Gasteiger partial charge on any atom is -0.00312 e. The van der Waals surface area contributed by atoms with E-state index in [1.165, 1.54) is 50.5 Å². The van der Waals surface area contributed by atoms with E-state index >= 15 is 0 Å². The minimum atomic E-state index is 0.508. The summed E-state index contributed by atoms with van der Waals surface area (Å²) in [6, 6.07) is 10.9. The third-order valence-electron chi connectivity index (χ3n) is 3.87. The number of hydrogen-bond donors (Lipinski definition) is 0. The Hall–Kier alpha value is -0.780. The molecule has 1 aliphatic carbocycles. The summed E-state index contributed by atoms with van der Waals surface area (Å²) in [4.78, 5) is 0. The van der Waals surface area contributed by atoms with E-state index in [9.17, 15) is 0 Å². The lowest BCUT2D eigenvalue weighted by molar-refractivity contribution is 0.219. The van der Waals surface area contributed by atoms with Gasteiger partial charge in [-0.25, -0.2) is 0 Å². The first-order valence-electron chi connectivity index (χ1n) is 6.76. The smallest absolute Gasteiger partial charge is 0.00312 e. The second kappa shape index (κ2) is 5.52. The standard InChI is InChI=1S/C16H23/c1-2-11-16(12-7-4-8-13-16)14-15-9-5-3-6-10-15/h3,5-6,9-10,14H,2,4,7-8,11-13H2,1H3. The van der Waals surface area contributed by atoms with Crippen molar-refractivity contribution in [3.05, 3.63) is 42.3 Å². The second-order valence-electron chi connectivity index (χ2n) is 5.23. The SMILES string of the molecule is CCCC1([CH]c2ccccc2)CCCCC1. The maximum absolute atomic E-state index is 2.55. The fourth-order valence-corrected chi connectivity index (χ4v) is 3.12. The molecule has 1 fully saturated rings. The average molecular weight is 215 g/mol. The predicted octanol–water partition coefficient (Wildman–Crippen LogP) is 4.99. The quantitative estimate of drug-likeness (QED) is 0.663. The molecule has 0 heteroatoms. The third-order valence-corrected chi connectivity index (χ3v) is 3.87. The van der Waals surface area contributed by atoms with Gasteiger partial charge in [0.2, 0.25) is 0 Å². The largest absolute Gasteiger partial charge is 0.0654 e. The van der Waals surface area contributed by atoms with E-state index in [1.807, 2.05) is 0 Å². The zero-order valence-electron chi connectivity index (χ0n) is 10.4. The lowest BCUT2D eigenvalue weighted by atomic mass is 9.68. The molecule has 0 spiro atoms. The van der Waals surface area contributed by atoms with Crippen LogP contribution in [0.1, 0.15) is 57.4 Å². The van der Waals surface area contributed by atoms with E-state index < -0.39 is 0 Å². The van der Waals surface area contributed by atoms with Crippen LogP contribution in [0.15, 0.2) is 30.3 Å². The Kier molecular flexibility index (Phi) is 4.04. The molecule has 2 rings (SSSR count). The highest BCUT2D eigenvalue weighted by molar-refractivity contribution is 5.26. The molecule has 1 aromatic carbocycles. The van der Waals surface area contributed by atoms with Crippen LogP contribution >= 0.6 is 0 Å². The highest BCUT2D eigenvalue weighted by Gasteiger charge is 2.31. The average Bonchev–Trinajstić information content (AvgIpc) is 2.31. The van der Waals surface area contributed by atoms with Gasteiger partial charge >= 0.3 is 0 Å². The van der Waals surface area contributed by atoms with Gasteiger partial charge in [-0.05, 0) is 36.7 Å². The van der Waals surface area contributed by atoms with E-state index in [4.69, 9.17) is 0 Å². The van der Waals surface area contributed by atoms with Gasteiger partial charge in [0.1, 0.15) is 0 Å². The highest BCUT2D eigenvalue weighted by Crippen LogP contribution is 2.44. The van der Waals surface area contributed by atoms with Crippen LogP contribution in [-0.4, -0.2) is 0 Å². The van der Waals surface area contributed by atoms with Gasteiger partial charge in [0, 0.05) is 0 Å². The van der Waals surface area contributed by atoms with Crippen molar-refractivity contribution in [1.29, 1.82) is 0 Å². The van der Waals surface area contributed by atoms with Crippen molar-refractivity contribution in [2.75, 3.05) is 0 Å². The topological polar surface area (TPSA) is 0 Å². The first kappa shape index (κ1) is 11.7. The lowest BCUT2D eigenvalue weighted by Crippen LogP contribution is -2.25. The fourth-order valence-electron chi connectivity index (χ4n) is 3.12. The van der Waals surface area contributed by atoms with Crippen LogP contribution in [0.3, 0.4) is 0 Å². The summed E-state index contributed by atoms with van der Waals surface area (Å²) in [5.41, 5.74) is 1.92. The summed E-state index contributed by atoms with van der Waals surface area (Å²) < 4.78 is 0. The molecule has 0 aliphatic heterocycles. The van der Waals surface area contributed by atoms with Crippen LogP contribution < -0.4 is 0 Å². The van der Waals surface area contributed by atoms with Gasteiger partial charge in [-0.15, -0.1) is 0 Å². The van der Waals surface area contributed by atoms with Crippen molar-refractivity contribution in [1.82, 2.24) is 0 Å². The van der Waals surface area contributed by atoms with Crippen LogP contribution in [0.5, 0.6) is 0 Å². The third kappa shape index (κ3) is 2.87. The second-order valence-corrected chi connectivity index (χ2v) is 5.23. The van der Waals surface area contributed by atoms with Crippen LogP contribution in [0.25, 0.3) is 0 Å². The summed E-state index contributed by atoms with van der Waals surface area (Å²) in [5.74, 6) is 0. The van der Waals surface area contributed by atoms with E-state index in [0.29, 0.717) is 5.41 Å². The molecule has 1 aliphatic rings. The Morgan fingerprint density at radius 2 is 1.75 bits per heavy atom. The van der Waals surface area contributed by atoms with Gasteiger partial charge in [0.25, 0.3) is 0 Å². The Morgan fingerprint density at radius 3 is 2.38 bits per heavy atom. The molecule has 0 heterocycles. The molecular formula is C16H23. The van der Waals surface area contributed by atoms with E-state index in [0.717, 1.165) is 0 Å². The van der Waals surface area contributed by atoms with Gasteiger partial charge in [-0.3, -0.25) is 0 Å². The van der Waals surface area contributed by atoms with Crippen LogP contribution in [0.4, 0.5) is 0 Å². The van der Waals surface area contributed by atoms with E-state index in [1.54, 1.807) is 0 Å². The molecule has 0 unspecified atom stereocenters. The summed E-state index contributed by atoms with van der Waals surface area (Å²) in [7, 11) is 0. The van der Waals surface area contributed by atoms with Crippen molar-refractivity contribution in [3.63, 3.8) is 0 Å². The number of rotatable bonds is 4. The molecule has 0 bridgehead atoms. The van der Waals surface area contributed by atoms with E-state index in [-0.39, 0.29) is 0 Å². The van der Waals surface area contributed by atoms with Gasteiger partial charge in [-0.2, -0.15) is 0 Å². The minimum absolute atomic E-state index is 0.508. The van der Waals surface area contributed by atoms with Crippen molar-refractivity contribution in [2.24, 2.45) is 5.41 Å². The molecule has 0 saturated heterocycles. The monoisotopic (exact) mass is 215 g/mol. The molecule has 0 atom stereocenters. The molecule has 0 amide bonds. The van der Waals surface area contributed by atoms with Crippen molar-refractivity contribution in [3.8, 4) is 0 Å². The fraction of sp³-hybridized carbons (Fsp3) is 0.562. The van der Waals surface area contributed by atoms with Crippen molar-refractivity contribution < 1.29 is 0 Å². The highest BCUT2D eigenvalue weighted by atomic mass is 14.4. The van der Waals surface area contributed by atoms with Crippen LogP contribution in [-0.2, 0) is 0 Å². The van der Waals surface area contributed by atoms with Gasteiger partial charge in [-0.1, -0.05) is 62.9 Å². The van der Waals surface area contributed by atoms with Gasteiger partial charge in [0.15, 0.2) is 0 Å². The normalized spacial score (nSPS) is 19.6.